The minimum Gasteiger partial charge on any atom is -0.446 e. The lowest BCUT2D eigenvalue weighted by Crippen LogP contribution is -2.43. The second-order valence-corrected chi connectivity index (χ2v) is 9.66. The van der Waals surface area contributed by atoms with Crippen LogP contribution in [0.25, 0.3) is 0 Å². The molecule has 0 aliphatic heterocycles. The molecule has 2 atom stereocenters. The second kappa shape index (κ2) is 10.1. The minimum atomic E-state index is -0.733. The van der Waals surface area contributed by atoms with Gasteiger partial charge >= 0.3 is 6.09 Å². The van der Waals surface area contributed by atoms with E-state index in [1.54, 1.807) is 6.07 Å². The molecule has 10 heteroatoms. The van der Waals surface area contributed by atoms with Crippen molar-refractivity contribution in [3.8, 4) is 0 Å². The number of alkyl carbamates (subject to hydrolysis) is 1. The number of anilines is 1. The molecule has 2 saturated carbocycles. The van der Waals surface area contributed by atoms with Crippen LogP contribution in [0.3, 0.4) is 0 Å². The third-order valence-electron chi connectivity index (χ3n) is 6.63. The van der Waals surface area contributed by atoms with Crippen molar-refractivity contribution in [1.82, 2.24) is 15.5 Å². The normalized spacial score (nSPS) is 26.8. The van der Waals surface area contributed by atoms with E-state index in [0.717, 1.165) is 49.6 Å². The van der Waals surface area contributed by atoms with Gasteiger partial charge in [0.15, 0.2) is 5.82 Å². The van der Waals surface area contributed by atoms with Crippen LogP contribution in [0.15, 0.2) is 24.3 Å². The summed E-state index contributed by atoms with van der Waals surface area (Å²) in [6.45, 7) is 1.82. The molecule has 0 bridgehead atoms. The molecule has 8 nitrogen and oxygen atoms in total. The standard InChI is InChI=1S/C24H30F2N4O4/c1-24(33)6-4-18(5-7-24)27-23(32)34-19-3-2-15(11-19)20-13-21(30-29-20)28-22(31)10-14-8-16(25)12-17(26)9-14/h8-9,12-13,15,18-19,33H,2-7,10-11H2,1H3,(H,27,32)(H2,28,29,30,31)/t15-,18?,19?,24?/m0/s1. The van der Waals surface area contributed by atoms with Gasteiger partial charge in [-0.1, -0.05) is 0 Å². The number of aromatic nitrogens is 2. The van der Waals surface area contributed by atoms with Crippen LogP contribution in [0.4, 0.5) is 19.4 Å². The Balaban J connectivity index is 1.22. The molecule has 0 saturated heterocycles. The van der Waals surface area contributed by atoms with Crippen molar-refractivity contribution in [2.24, 2.45) is 0 Å². The molecular weight excluding hydrogens is 446 g/mol. The molecule has 2 aromatic rings. The first-order valence-electron chi connectivity index (χ1n) is 11.6. The maximum Gasteiger partial charge on any atom is 0.407 e. The molecule has 4 rings (SSSR count). The van der Waals surface area contributed by atoms with Crippen LogP contribution in [0, 0.1) is 11.6 Å². The van der Waals surface area contributed by atoms with Crippen LogP contribution in [0.5, 0.6) is 0 Å². The molecule has 1 aromatic heterocycles. The van der Waals surface area contributed by atoms with Crippen molar-refractivity contribution >= 4 is 17.8 Å². The first-order valence-corrected chi connectivity index (χ1v) is 11.6. The molecule has 1 heterocycles. The minimum absolute atomic E-state index is 0.0209. The van der Waals surface area contributed by atoms with Gasteiger partial charge in [0.2, 0.25) is 5.91 Å². The number of hydrogen-bond donors (Lipinski definition) is 4. The Morgan fingerprint density at radius 3 is 2.56 bits per heavy atom. The van der Waals surface area contributed by atoms with E-state index >= 15 is 0 Å². The van der Waals surface area contributed by atoms with Crippen molar-refractivity contribution in [1.29, 1.82) is 0 Å². The predicted molar refractivity (Wildman–Crippen MR) is 120 cm³/mol. The molecule has 0 radical (unpaired) electrons. The van der Waals surface area contributed by atoms with Gasteiger partial charge in [-0.2, -0.15) is 5.10 Å². The average molecular weight is 477 g/mol. The molecule has 2 aliphatic rings. The van der Waals surface area contributed by atoms with E-state index in [0.29, 0.717) is 25.1 Å². The SMILES string of the molecule is CC1(O)CCC(NC(=O)OC2CC[C@H](c3cc(NC(=O)Cc4cc(F)cc(F)c4)n[nH]3)C2)CC1. The molecule has 4 N–H and O–H groups in total. The number of benzene rings is 1. The Labute approximate surface area is 196 Å². The molecule has 2 aliphatic carbocycles. The number of H-pyrrole nitrogens is 1. The summed E-state index contributed by atoms with van der Waals surface area (Å²) in [5.41, 5.74) is 0.409. The van der Waals surface area contributed by atoms with E-state index in [1.165, 1.54) is 0 Å². The average Bonchev–Trinajstić information content (AvgIpc) is 3.38. The van der Waals surface area contributed by atoms with Gasteiger partial charge in [0.25, 0.3) is 0 Å². The lowest BCUT2D eigenvalue weighted by molar-refractivity contribution is -0.115. The largest absolute Gasteiger partial charge is 0.446 e. The fourth-order valence-electron chi connectivity index (χ4n) is 4.76. The number of aromatic amines is 1. The van der Waals surface area contributed by atoms with Crippen LogP contribution in [-0.2, 0) is 16.0 Å². The third kappa shape index (κ3) is 6.53. The number of nitrogens with one attached hydrogen (secondary N) is 3. The number of aliphatic hydroxyl groups is 1. The highest BCUT2D eigenvalue weighted by molar-refractivity contribution is 5.91. The quantitative estimate of drug-likeness (QED) is 0.504. The van der Waals surface area contributed by atoms with Crippen LogP contribution < -0.4 is 10.6 Å². The van der Waals surface area contributed by atoms with Gasteiger partial charge < -0.3 is 20.5 Å². The number of rotatable bonds is 6. The number of halogens is 2. The van der Waals surface area contributed by atoms with Crippen LogP contribution in [0.2, 0.25) is 0 Å². The number of carbonyl (C=O) groups excluding carboxylic acids is 2. The number of carbonyl (C=O) groups is 2. The van der Waals surface area contributed by atoms with Gasteiger partial charge in [-0.05, 0) is 69.6 Å². The summed E-state index contributed by atoms with van der Waals surface area (Å²) in [5, 5.41) is 22.6. The smallest absolute Gasteiger partial charge is 0.407 e. The number of hydrogen-bond acceptors (Lipinski definition) is 5. The molecule has 1 aromatic carbocycles. The third-order valence-corrected chi connectivity index (χ3v) is 6.63. The highest BCUT2D eigenvalue weighted by Gasteiger charge is 2.32. The molecule has 1 unspecified atom stereocenters. The van der Waals surface area contributed by atoms with Crippen molar-refractivity contribution in [2.45, 2.75) is 82.0 Å². The van der Waals surface area contributed by atoms with E-state index in [9.17, 15) is 23.5 Å². The molecule has 184 valence electrons. The lowest BCUT2D eigenvalue weighted by atomic mass is 9.84. The molecule has 34 heavy (non-hydrogen) atoms. The molecule has 2 amide bonds. The molecule has 0 spiro atoms. The highest BCUT2D eigenvalue weighted by atomic mass is 19.1. The summed E-state index contributed by atoms with van der Waals surface area (Å²) in [6, 6.07) is 4.74. The summed E-state index contributed by atoms with van der Waals surface area (Å²) in [5.74, 6) is -1.46. The van der Waals surface area contributed by atoms with Gasteiger partial charge in [0.1, 0.15) is 17.7 Å². The summed E-state index contributed by atoms with van der Waals surface area (Å²) in [7, 11) is 0. The van der Waals surface area contributed by atoms with Gasteiger partial charge in [-0.3, -0.25) is 9.89 Å². The van der Waals surface area contributed by atoms with Gasteiger partial charge in [0.05, 0.1) is 12.0 Å². The Morgan fingerprint density at radius 2 is 1.85 bits per heavy atom. The van der Waals surface area contributed by atoms with Gasteiger partial charge in [-0.25, -0.2) is 13.6 Å². The zero-order valence-corrected chi connectivity index (χ0v) is 19.1. The van der Waals surface area contributed by atoms with E-state index in [-0.39, 0.29) is 30.0 Å². The Morgan fingerprint density at radius 1 is 1.15 bits per heavy atom. The number of amides is 2. The summed E-state index contributed by atoms with van der Waals surface area (Å²) in [6.07, 6.45) is 4.13. The van der Waals surface area contributed by atoms with Crippen LogP contribution in [-0.4, -0.2) is 45.1 Å². The summed E-state index contributed by atoms with van der Waals surface area (Å²) < 4.78 is 32.2. The zero-order valence-electron chi connectivity index (χ0n) is 19.1. The van der Waals surface area contributed by atoms with Crippen molar-refractivity contribution in [2.75, 3.05) is 5.32 Å². The van der Waals surface area contributed by atoms with Crippen LogP contribution in [0.1, 0.15) is 69.0 Å². The second-order valence-electron chi connectivity index (χ2n) is 9.66. The molecular formula is C24H30F2N4O4. The van der Waals surface area contributed by atoms with E-state index < -0.39 is 29.2 Å². The number of nitrogens with zero attached hydrogens (tertiary/aromatic N) is 1. The maximum absolute atomic E-state index is 13.3. The Bertz CT molecular complexity index is 1010. The Kier molecular flexibility index (Phi) is 7.16. The van der Waals surface area contributed by atoms with Crippen molar-refractivity contribution in [3.63, 3.8) is 0 Å². The topological polar surface area (TPSA) is 116 Å². The Hall–Kier alpha value is -3.01. The van der Waals surface area contributed by atoms with E-state index in [1.807, 2.05) is 6.92 Å². The lowest BCUT2D eigenvalue weighted by Gasteiger charge is -2.33. The molecule has 2 fully saturated rings. The fraction of sp³-hybridized carbons (Fsp3) is 0.542. The van der Waals surface area contributed by atoms with Gasteiger partial charge in [0, 0.05) is 29.8 Å². The first-order chi connectivity index (χ1) is 16.1. The predicted octanol–water partition coefficient (Wildman–Crippen LogP) is 3.93. The fourth-order valence-corrected chi connectivity index (χ4v) is 4.76. The van der Waals surface area contributed by atoms with Crippen molar-refractivity contribution < 1.29 is 28.2 Å². The summed E-state index contributed by atoms with van der Waals surface area (Å²) >= 11 is 0. The van der Waals surface area contributed by atoms with Crippen molar-refractivity contribution in [3.05, 3.63) is 47.2 Å². The maximum atomic E-state index is 13.3. The van der Waals surface area contributed by atoms with E-state index in [4.69, 9.17) is 4.74 Å². The first kappa shape index (κ1) is 24.1. The van der Waals surface area contributed by atoms with Crippen LogP contribution >= 0.6 is 0 Å². The number of ether oxygens (including phenoxy) is 1. The zero-order chi connectivity index (χ0) is 24.3. The highest BCUT2D eigenvalue weighted by Crippen LogP contribution is 2.36. The monoisotopic (exact) mass is 476 g/mol. The van der Waals surface area contributed by atoms with E-state index in [2.05, 4.69) is 20.8 Å². The van der Waals surface area contributed by atoms with Gasteiger partial charge in [-0.15, -0.1) is 0 Å². The summed E-state index contributed by atoms with van der Waals surface area (Å²) in [4.78, 5) is 24.5.